The molecule has 8 aromatic carbocycles. The summed E-state index contributed by atoms with van der Waals surface area (Å²) in [5, 5.41) is 2.48. The standard InChI is InChI=1S/C49H37N/c1-49(2)45-27-15-13-25-41(45)44-32-43(37-30-29-34-17-9-10-20-36(34)31-37)48(33-46(44)49)50(38-21-7-4-8-22-38)47-28-16-14-26-42(47)40-24-12-11-23-39(40)35-18-5-3-6-19-35/h3-33H,1-2H3. The van der Waals surface area contributed by atoms with Crippen LogP contribution in [-0.2, 0) is 5.41 Å². The van der Waals surface area contributed by atoms with E-state index < -0.39 is 0 Å². The lowest BCUT2D eigenvalue weighted by Gasteiger charge is -2.32. The third-order valence-electron chi connectivity index (χ3n) is 10.5. The average Bonchev–Trinajstić information content (AvgIpc) is 3.40. The van der Waals surface area contributed by atoms with Gasteiger partial charge in [-0.3, -0.25) is 0 Å². The molecule has 8 aromatic rings. The van der Waals surface area contributed by atoms with E-state index in [2.05, 4.69) is 207 Å². The van der Waals surface area contributed by atoms with Gasteiger partial charge in [-0.25, -0.2) is 0 Å². The summed E-state index contributed by atoms with van der Waals surface area (Å²) >= 11 is 0. The summed E-state index contributed by atoms with van der Waals surface area (Å²) in [6.07, 6.45) is 0. The monoisotopic (exact) mass is 639 g/mol. The van der Waals surface area contributed by atoms with Crippen molar-refractivity contribution in [2.24, 2.45) is 0 Å². The highest BCUT2D eigenvalue weighted by molar-refractivity contribution is 6.00. The van der Waals surface area contributed by atoms with E-state index in [9.17, 15) is 0 Å². The lowest BCUT2D eigenvalue weighted by molar-refractivity contribution is 0.660. The van der Waals surface area contributed by atoms with Gasteiger partial charge in [0.25, 0.3) is 0 Å². The van der Waals surface area contributed by atoms with E-state index in [4.69, 9.17) is 0 Å². The summed E-state index contributed by atoms with van der Waals surface area (Å²) < 4.78 is 0. The van der Waals surface area contributed by atoms with Crippen molar-refractivity contribution in [1.82, 2.24) is 0 Å². The SMILES string of the molecule is CC1(C)c2ccccc2-c2cc(-c3ccc4ccccc4c3)c(N(c3ccccc3)c3ccccc3-c3ccccc3-c3ccccc3)cc21. The third-order valence-corrected chi connectivity index (χ3v) is 10.5. The average molecular weight is 640 g/mol. The van der Waals surface area contributed by atoms with Gasteiger partial charge in [0.2, 0.25) is 0 Å². The maximum Gasteiger partial charge on any atom is 0.0543 e. The van der Waals surface area contributed by atoms with E-state index in [-0.39, 0.29) is 5.41 Å². The molecule has 1 aliphatic carbocycles. The summed E-state index contributed by atoms with van der Waals surface area (Å²) in [7, 11) is 0. The molecule has 0 aliphatic heterocycles. The van der Waals surface area contributed by atoms with Gasteiger partial charge in [0.15, 0.2) is 0 Å². The predicted octanol–water partition coefficient (Wildman–Crippen LogP) is 13.6. The zero-order valence-corrected chi connectivity index (χ0v) is 28.3. The Labute approximate surface area is 294 Å². The molecule has 0 aromatic heterocycles. The predicted molar refractivity (Wildman–Crippen MR) is 213 cm³/mol. The number of para-hydroxylation sites is 2. The zero-order chi connectivity index (χ0) is 33.7. The van der Waals surface area contributed by atoms with Crippen LogP contribution in [0, 0.1) is 0 Å². The molecule has 0 amide bonds. The molecule has 0 bridgehead atoms. The molecule has 0 unspecified atom stereocenters. The van der Waals surface area contributed by atoms with Gasteiger partial charge >= 0.3 is 0 Å². The molecule has 0 heterocycles. The summed E-state index contributed by atoms with van der Waals surface area (Å²) in [4.78, 5) is 2.49. The number of nitrogens with zero attached hydrogens (tertiary/aromatic N) is 1. The van der Waals surface area contributed by atoms with Crippen LogP contribution in [-0.4, -0.2) is 0 Å². The van der Waals surface area contributed by atoms with Crippen LogP contribution in [0.25, 0.3) is 55.3 Å². The number of fused-ring (bicyclic) bond motifs is 4. The van der Waals surface area contributed by atoms with Crippen molar-refractivity contribution in [3.05, 3.63) is 199 Å². The second-order valence-electron chi connectivity index (χ2n) is 13.7. The molecular weight excluding hydrogens is 603 g/mol. The second-order valence-corrected chi connectivity index (χ2v) is 13.7. The highest BCUT2D eigenvalue weighted by Crippen LogP contribution is 2.54. The van der Waals surface area contributed by atoms with Crippen LogP contribution in [0.1, 0.15) is 25.0 Å². The Morgan fingerprint density at radius 3 is 1.72 bits per heavy atom. The number of benzene rings is 8. The Bertz CT molecular complexity index is 2510. The van der Waals surface area contributed by atoms with Crippen LogP contribution >= 0.6 is 0 Å². The summed E-state index contributed by atoms with van der Waals surface area (Å²) in [6, 6.07) is 68.7. The van der Waals surface area contributed by atoms with Gasteiger partial charge in [-0.05, 0) is 91.7 Å². The van der Waals surface area contributed by atoms with Gasteiger partial charge in [0.1, 0.15) is 0 Å². The zero-order valence-electron chi connectivity index (χ0n) is 28.3. The third kappa shape index (κ3) is 4.94. The molecule has 0 fully saturated rings. The van der Waals surface area contributed by atoms with Crippen LogP contribution in [0.2, 0.25) is 0 Å². The van der Waals surface area contributed by atoms with Crippen LogP contribution in [0.3, 0.4) is 0 Å². The van der Waals surface area contributed by atoms with Crippen molar-refractivity contribution in [1.29, 1.82) is 0 Å². The second kappa shape index (κ2) is 12.1. The Morgan fingerprint density at radius 1 is 0.340 bits per heavy atom. The van der Waals surface area contributed by atoms with Gasteiger partial charge in [0, 0.05) is 22.2 Å². The van der Waals surface area contributed by atoms with Crippen molar-refractivity contribution < 1.29 is 0 Å². The quantitative estimate of drug-likeness (QED) is 0.175. The summed E-state index contributed by atoms with van der Waals surface area (Å²) in [6.45, 7) is 4.74. The number of hydrogen-bond donors (Lipinski definition) is 0. The largest absolute Gasteiger partial charge is 0.309 e. The number of hydrogen-bond acceptors (Lipinski definition) is 1. The maximum absolute atomic E-state index is 2.49. The summed E-state index contributed by atoms with van der Waals surface area (Å²) in [5.41, 5.74) is 15.8. The lowest BCUT2D eigenvalue weighted by atomic mass is 9.81. The van der Waals surface area contributed by atoms with E-state index >= 15 is 0 Å². The first kappa shape index (κ1) is 29.9. The van der Waals surface area contributed by atoms with Gasteiger partial charge in [-0.1, -0.05) is 166 Å². The molecule has 0 atom stereocenters. The van der Waals surface area contributed by atoms with E-state index in [1.165, 1.54) is 66.4 Å². The minimum Gasteiger partial charge on any atom is -0.309 e. The molecule has 0 radical (unpaired) electrons. The van der Waals surface area contributed by atoms with Crippen molar-refractivity contribution in [3.8, 4) is 44.5 Å². The van der Waals surface area contributed by atoms with Crippen LogP contribution in [0.15, 0.2) is 188 Å². The fourth-order valence-corrected chi connectivity index (χ4v) is 7.98. The number of rotatable bonds is 6. The highest BCUT2D eigenvalue weighted by Gasteiger charge is 2.37. The Balaban J connectivity index is 1.35. The smallest absolute Gasteiger partial charge is 0.0543 e. The van der Waals surface area contributed by atoms with E-state index in [0.29, 0.717) is 0 Å². The first-order valence-corrected chi connectivity index (χ1v) is 17.4. The molecule has 0 saturated carbocycles. The van der Waals surface area contributed by atoms with Crippen LogP contribution in [0.5, 0.6) is 0 Å². The molecule has 238 valence electrons. The minimum atomic E-state index is -0.148. The molecule has 50 heavy (non-hydrogen) atoms. The fraction of sp³-hybridized carbons (Fsp3) is 0.0612. The Morgan fingerprint density at radius 2 is 0.940 bits per heavy atom. The first-order valence-electron chi connectivity index (χ1n) is 17.4. The van der Waals surface area contributed by atoms with Gasteiger partial charge in [-0.2, -0.15) is 0 Å². The first-order chi connectivity index (χ1) is 24.6. The molecule has 1 aliphatic rings. The normalized spacial score (nSPS) is 12.8. The van der Waals surface area contributed by atoms with Gasteiger partial charge in [0.05, 0.1) is 11.4 Å². The number of anilines is 3. The lowest BCUT2D eigenvalue weighted by Crippen LogP contribution is -2.17. The topological polar surface area (TPSA) is 3.24 Å². The molecule has 0 N–H and O–H groups in total. The Kier molecular flexibility index (Phi) is 7.21. The van der Waals surface area contributed by atoms with E-state index in [1.54, 1.807) is 0 Å². The van der Waals surface area contributed by atoms with Crippen LogP contribution < -0.4 is 4.90 Å². The highest BCUT2D eigenvalue weighted by atomic mass is 15.1. The Hall–Kier alpha value is -6.18. The molecule has 9 rings (SSSR count). The van der Waals surface area contributed by atoms with Crippen molar-refractivity contribution >= 4 is 27.8 Å². The maximum atomic E-state index is 2.49. The fourth-order valence-electron chi connectivity index (χ4n) is 7.98. The molecule has 1 nitrogen and oxygen atoms in total. The van der Waals surface area contributed by atoms with E-state index in [0.717, 1.165) is 17.1 Å². The molecule has 0 saturated heterocycles. The molecule has 1 heteroatoms. The van der Waals surface area contributed by atoms with Gasteiger partial charge < -0.3 is 4.90 Å². The molecule has 0 spiro atoms. The summed E-state index contributed by atoms with van der Waals surface area (Å²) in [5.74, 6) is 0. The van der Waals surface area contributed by atoms with Crippen molar-refractivity contribution in [2.75, 3.05) is 4.90 Å². The van der Waals surface area contributed by atoms with Crippen molar-refractivity contribution in [2.45, 2.75) is 19.3 Å². The van der Waals surface area contributed by atoms with E-state index in [1.807, 2.05) is 0 Å². The van der Waals surface area contributed by atoms with Crippen molar-refractivity contribution in [3.63, 3.8) is 0 Å². The molecular formula is C49H37N. The van der Waals surface area contributed by atoms with Gasteiger partial charge in [-0.15, -0.1) is 0 Å². The van der Waals surface area contributed by atoms with Crippen LogP contribution in [0.4, 0.5) is 17.1 Å². The minimum absolute atomic E-state index is 0.148.